The second-order valence-corrected chi connectivity index (χ2v) is 4.95. The van der Waals surface area contributed by atoms with E-state index in [0.29, 0.717) is 18.2 Å². The number of benzene rings is 1. The lowest BCUT2D eigenvalue weighted by atomic mass is 10.1. The van der Waals surface area contributed by atoms with Crippen LogP contribution in [-0.2, 0) is 6.61 Å². The molecule has 0 aliphatic rings. The summed E-state index contributed by atoms with van der Waals surface area (Å²) < 4.78 is 5.70. The van der Waals surface area contributed by atoms with Gasteiger partial charge >= 0.3 is 5.97 Å². The Morgan fingerprint density at radius 3 is 2.68 bits per heavy atom. The van der Waals surface area contributed by atoms with Gasteiger partial charge in [-0.2, -0.15) is 0 Å². The Balaban J connectivity index is 2.19. The lowest BCUT2D eigenvalue weighted by Gasteiger charge is -2.10. The molecule has 116 valence electrons. The molecule has 0 bridgehead atoms. The highest BCUT2D eigenvalue weighted by Crippen LogP contribution is 2.20. The summed E-state index contributed by atoms with van der Waals surface area (Å²) in [6, 6.07) is 7.28. The number of hydrogen-bond donors (Lipinski definition) is 2. The number of rotatable bonds is 6. The topological polar surface area (TPSA) is 84.3 Å². The van der Waals surface area contributed by atoms with Gasteiger partial charge in [0.25, 0.3) is 0 Å². The first-order valence-corrected chi connectivity index (χ1v) is 7.04. The van der Waals surface area contributed by atoms with Crippen LogP contribution >= 0.6 is 0 Å². The van der Waals surface area contributed by atoms with Crippen LogP contribution in [0.1, 0.15) is 34.4 Å². The molecule has 0 aliphatic carbocycles. The van der Waals surface area contributed by atoms with Crippen molar-refractivity contribution in [2.75, 3.05) is 11.9 Å². The van der Waals surface area contributed by atoms with Crippen LogP contribution in [0.2, 0.25) is 0 Å². The number of hydrogen-bond acceptors (Lipinski definition) is 5. The van der Waals surface area contributed by atoms with E-state index in [1.165, 1.54) is 6.07 Å². The minimum absolute atomic E-state index is 0.0508. The van der Waals surface area contributed by atoms with Gasteiger partial charge in [0.1, 0.15) is 18.2 Å². The Morgan fingerprint density at radius 1 is 1.27 bits per heavy atom. The number of aromatic nitrogens is 2. The fourth-order valence-electron chi connectivity index (χ4n) is 2.05. The van der Waals surface area contributed by atoms with Gasteiger partial charge in [-0.15, -0.1) is 0 Å². The van der Waals surface area contributed by atoms with Gasteiger partial charge in [0.15, 0.2) is 11.5 Å². The van der Waals surface area contributed by atoms with E-state index in [9.17, 15) is 4.79 Å². The van der Waals surface area contributed by atoms with Crippen LogP contribution in [-0.4, -0.2) is 27.6 Å². The van der Waals surface area contributed by atoms with Crippen molar-refractivity contribution >= 4 is 11.8 Å². The third-order valence-corrected chi connectivity index (χ3v) is 3.04. The van der Waals surface area contributed by atoms with Crippen molar-refractivity contribution < 1.29 is 14.6 Å². The number of nitrogens with zero attached hydrogens (tertiary/aromatic N) is 2. The summed E-state index contributed by atoms with van der Waals surface area (Å²) in [6.07, 6.45) is 0. The lowest BCUT2D eigenvalue weighted by molar-refractivity contribution is 0.0689. The number of carboxylic acid groups (broad SMARTS) is 1. The lowest BCUT2D eigenvalue weighted by Crippen LogP contribution is -2.11. The molecule has 22 heavy (non-hydrogen) atoms. The van der Waals surface area contributed by atoms with Crippen LogP contribution in [0.3, 0.4) is 0 Å². The Bertz CT molecular complexity index is 686. The van der Waals surface area contributed by atoms with Gasteiger partial charge in [0, 0.05) is 12.6 Å². The summed E-state index contributed by atoms with van der Waals surface area (Å²) in [7, 11) is 0. The van der Waals surface area contributed by atoms with Crippen molar-refractivity contribution in [3.63, 3.8) is 0 Å². The van der Waals surface area contributed by atoms with Gasteiger partial charge in [-0.25, -0.2) is 14.8 Å². The summed E-state index contributed by atoms with van der Waals surface area (Å²) in [6.45, 7) is 6.64. The second-order valence-electron chi connectivity index (χ2n) is 4.95. The number of anilines is 1. The molecule has 0 saturated carbocycles. The molecule has 0 aliphatic heterocycles. The number of nitrogens with one attached hydrogen (secondary N) is 1. The molecule has 6 nitrogen and oxygen atoms in total. The Hall–Kier alpha value is -2.63. The van der Waals surface area contributed by atoms with E-state index in [-0.39, 0.29) is 12.3 Å². The Kier molecular flexibility index (Phi) is 4.93. The predicted molar refractivity (Wildman–Crippen MR) is 83.4 cm³/mol. The number of ether oxygens (including phenoxy) is 1. The van der Waals surface area contributed by atoms with Gasteiger partial charge in [-0.3, -0.25) is 0 Å². The zero-order valence-corrected chi connectivity index (χ0v) is 12.9. The van der Waals surface area contributed by atoms with Gasteiger partial charge in [-0.1, -0.05) is 17.7 Å². The average molecular weight is 301 g/mol. The van der Waals surface area contributed by atoms with E-state index in [4.69, 9.17) is 9.84 Å². The van der Waals surface area contributed by atoms with Crippen molar-refractivity contribution in [2.45, 2.75) is 27.4 Å². The molecule has 2 aromatic rings. The predicted octanol–water partition coefficient (Wildman–Crippen LogP) is 2.80. The SMILES string of the molecule is CCNc1cc(C(=O)O)nc(COc2ccc(C)cc2C)n1. The van der Waals surface area contributed by atoms with Crippen molar-refractivity contribution in [2.24, 2.45) is 0 Å². The highest BCUT2D eigenvalue weighted by atomic mass is 16.5. The van der Waals surface area contributed by atoms with E-state index in [0.717, 1.165) is 16.9 Å². The highest BCUT2D eigenvalue weighted by Gasteiger charge is 2.11. The monoisotopic (exact) mass is 301 g/mol. The van der Waals surface area contributed by atoms with E-state index in [1.54, 1.807) is 0 Å². The van der Waals surface area contributed by atoms with E-state index in [1.807, 2.05) is 39.0 Å². The largest absolute Gasteiger partial charge is 0.485 e. The van der Waals surface area contributed by atoms with Crippen molar-refractivity contribution in [3.05, 3.63) is 46.9 Å². The maximum Gasteiger partial charge on any atom is 0.354 e. The highest BCUT2D eigenvalue weighted by molar-refractivity contribution is 5.86. The molecule has 1 aromatic carbocycles. The normalized spacial score (nSPS) is 10.3. The summed E-state index contributed by atoms with van der Waals surface area (Å²) in [5.41, 5.74) is 2.12. The average Bonchev–Trinajstić information content (AvgIpc) is 2.46. The van der Waals surface area contributed by atoms with Crippen LogP contribution in [0, 0.1) is 13.8 Å². The molecule has 0 amide bonds. The van der Waals surface area contributed by atoms with E-state index < -0.39 is 5.97 Å². The van der Waals surface area contributed by atoms with Crippen molar-refractivity contribution in [1.29, 1.82) is 0 Å². The van der Waals surface area contributed by atoms with Gasteiger partial charge in [0.2, 0.25) is 0 Å². The van der Waals surface area contributed by atoms with Crippen LogP contribution in [0.25, 0.3) is 0 Å². The quantitative estimate of drug-likeness (QED) is 0.853. The van der Waals surface area contributed by atoms with Crippen molar-refractivity contribution in [3.8, 4) is 5.75 Å². The molecule has 1 aromatic heterocycles. The first kappa shape index (κ1) is 15.8. The first-order valence-electron chi connectivity index (χ1n) is 7.04. The minimum Gasteiger partial charge on any atom is -0.485 e. The second kappa shape index (κ2) is 6.89. The number of aryl methyl sites for hydroxylation is 2. The molecule has 0 radical (unpaired) electrons. The van der Waals surface area contributed by atoms with Gasteiger partial charge in [0.05, 0.1) is 0 Å². The Morgan fingerprint density at radius 2 is 2.05 bits per heavy atom. The zero-order chi connectivity index (χ0) is 16.1. The molecule has 0 spiro atoms. The number of carboxylic acids is 1. The molecule has 1 heterocycles. The first-order chi connectivity index (χ1) is 10.5. The summed E-state index contributed by atoms with van der Waals surface area (Å²) >= 11 is 0. The molecule has 0 unspecified atom stereocenters. The number of aromatic carboxylic acids is 1. The standard InChI is InChI=1S/C16H19N3O3/c1-4-17-14-8-12(16(20)21)18-15(19-14)9-22-13-6-5-10(2)7-11(13)3/h5-8H,4,9H2,1-3H3,(H,20,21)(H,17,18,19). The maximum atomic E-state index is 11.1. The number of carbonyl (C=O) groups is 1. The summed E-state index contributed by atoms with van der Waals surface area (Å²) in [5, 5.41) is 12.1. The smallest absolute Gasteiger partial charge is 0.354 e. The van der Waals surface area contributed by atoms with Crippen molar-refractivity contribution in [1.82, 2.24) is 9.97 Å². The van der Waals surface area contributed by atoms with E-state index in [2.05, 4.69) is 15.3 Å². The zero-order valence-electron chi connectivity index (χ0n) is 12.9. The molecule has 6 heteroatoms. The van der Waals surface area contributed by atoms with Crippen LogP contribution in [0.4, 0.5) is 5.82 Å². The molecule has 0 fully saturated rings. The maximum absolute atomic E-state index is 11.1. The van der Waals surface area contributed by atoms with Crippen LogP contribution < -0.4 is 10.1 Å². The molecular weight excluding hydrogens is 282 g/mol. The molecule has 0 atom stereocenters. The van der Waals surface area contributed by atoms with Crippen LogP contribution in [0.15, 0.2) is 24.3 Å². The van der Waals surface area contributed by atoms with Gasteiger partial charge < -0.3 is 15.2 Å². The Labute approximate surface area is 129 Å². The summed E-state index contributed by atoms with van der Waals surface area (Å²) in [4.78, 5) is 19.4. The fourth-order valence-corrected chi connectivity index (χ4v) is 2.05. The minimum atomic E-state index is -1.09. The van der Waals surface area contributed by atoms with Gasteiger partial charge in [-0.05, 0) is 32.4 Å². The third-order valence-electron chi connectivity index (χ3n) is 3.04. The molecule has 2 rings (SSSR count). The third kappa shape index (κ3) is 3.94. The fraction of sp³-hybridized carbons (Fsp3) is 0.312. The van der Waals surface area contributed by atoms with E-state index >= 15 is 0 Å². The molecule has 2 N–H and O–H groups in total. The molecular formula is C16H19N3O3. The molecule has 0 saturated heterocycles. The van der Waals surface area contributed by atoms with Crippen LogP contribution in [0.5, 0.6) is 5.75 Å². The summed E-state index contributed by atoms with van der Waals surface area (Å²) in [5.74, 6) is 0.458.